The molecule has 1 aromatic heterocycles. The van der Waals surface area contributed by atoms with E-state index in [0.29, 0.717) is 18.0 Å². The summed E-state index contributed by atoms with van der Waals surface area (Å²) in [7, 11) is 0. The highest BCUT2D eigenvalue weighted by Gasteiger charge is 2.66. The van der Waals surface area contributed by atoms with Gasteiger partial charge >= 0.3 is 0 Å². The number of hydrogen-bond donors (Lipinski definition) is 3. The summed E-state index contributed by atoms with van der Waals surface area (Å²) in [6, 6.07) is -2.34. The maximum Gasteiger partial charge on any atom is 0.287 e. The Morgan fingerprint density at radius 1 is 1.17 bits per heavy atom. The largest absolute Gasteiger partial charge is 0.384 e. The zero-order valence-electron chi connectivity index (χ0n) is 23.9. The maximum atomic E-state index is 14.1. The SMILES string of the molecule is CC(C)(O)c1cnnn1[C@H]1C[C@@H](C(=O)N(Cl)C2(C(=O)C(N)=O)CC3(CCC3)C2)N(C(=O)[C@H](N)CC2CCCCC2)C1. The van der Waals surface area contributed by atoms with Gasteiger partial charge in [-0.2, -0.15) is 0 Å². The fraction of sp³-hybridized carbons (Fsp3) is 0.786. The Balaban J connectivity index is 1.42. The van der Waals surface area contributed by atoms with Crippen molar-refractivity contribution in [2.75, 3.05) is 6.54 Å². The fourth-order valence-electron chi connectivity index (χ4n) is 7.69. The molecule has 1 spiro atoms. The van der Waals surface area contributed by atoms with Crippen LogP contribution in [0.5, 0.6) is 0 Å². The van der Waals surface area contributed by atoms with Gasteiger partial charge < -0.3 is 21.5 Å². The quantitative estimate of drug-likeness (QED) is 0.287. The van der Waals surface area contributed by atoms with Crippen LogP contribution in [0.4, 0.5) is 0 Å². The van der Waals surface area contributed by atoms with Crippen LogP contribution < -0.4 is 11.5 Å². The van der Waals surface area contributed by atoms with Gasteiger partial charge in [-0.25, -0.2) is 9.10 Å². The number of aliphatic hydroxyl groups is 1. The van der Waals surface area contributed by atoms with Gasteiger partial charge in [0, 0.05) is 24.7 Å². The first kappa shape index (κ1) is 29.9. The average molecular weight is 592 g/mol. The zero-order chi connectivity index (χ0) is 29.7. The molecule has 226 valence electrons. The van der Waals surface area contributed by atoms with Crippen molar-refractivity contribution >= 4 is 35.3 Å². The molecule has 0 unspecified atom stereocenters. The summed E-state index contributed by atoms with van der Waals surface area (Å²) in [4.78, 5) is 54.5. The van der Waals surface area contributed by atoms with Crippen LogP contribution in [-0.2, 0) is 24.8 Å². The van der Waals surface area contributed by atoms with E-state index < -0.39 is 46.9 Å². The first-order valence-corrected chi connectivity index (χ1v) is 15.1. The van der Waals surface area contributed by atoms with Crippen molar-refractivity contribution in [3.8, 4) is 0 Å². The number of amides is 3. The third kappa shape index (κ3) is 5.38. The molecule has 41 heavy (non-hydrogen) atoms. The Labute approximate surface area is 245 Å². The summed E-state index contributed by atoms with van der Waals surface area (Å²) < 4.78 is 2.39. The Hall–Kier alpha value is -2.57. The number of likely N-dealkylation sites (tertiary alicyclic amines) is 1. The number of ketones is 1. The molecule has 0 aromatic carbocycles. The van der Waals surface area contributed by atoms with Gasteiger partial charge in [-0.3, -0.25) is 19.2 Å². The van der Waals surface area contributed by atoms with Crippen LogP contribution in [0.1, 0.15) is 103 Å². The standard InChI is InChI=1S/C28H42ClN7O5/c1-26(2,41)21-13-32-33-35(21)18-12-20(34(14-18)24(39)19(30)11-17-7-4-3-5-8-17)25(40)36(29)28(22(37)23(31)38)15-27(16-28)9-6-10-27/h13,17-20,41H,3-12,14-16,30H2,1-2H3,(H2,31,38)/t18-,19+,20-/m0/s1. The fourth-order valence-corrected chi connectivity index (χ4v) is 8.00. The number of nitrogens with two attached hydrogens (primary N) is 2. The minimum Gasteiger partial charge on any atom is -0.384 e. The van der Waals surface area contributed by atoms with Crippen LogP contribution in [0, 0.1) is 11.3 Å². The number of halogens is 1. The molecule has 4 fully saturated rings. The molecule has 13 heteroatoms. The third-order valence-electron chi connectivity index (χ3n) is 9.99. The van der Waals surface area contributed by atoms with Crippen molar-refractivity contribution < 1.29 is 24.3 Å². The van der Waals surface area contributed by atoms with Crippen LogP contribution >= 0.6 is 11.8 Å². The highest BCUT2D eigenvalue weighted by molar-refractivity contribution is 6.41. The number of aromatic nitrogens is 3. The molecule has 0 bridgehead atoms. The lowest BCUT2D eigenvalue weighted by Gasteiger charge is -2.61. The summed E-state index contributed by atoms with van der Waals surface area (Å²) >= 11 is 6.71. The average Bonchev–Trinajstić information content (AvgIpc) is 3.54. The molecule has 3 atom stereocenters. The van der Waals surface area contributed by atoms with Crippen molar-refractivity contribution in [2.45, 2.75) is 120 Å². The Morgan fingerprint density at radius 3 is 2.39 bits per heavy atom. The van der Waals surface area contributed by atoms with Crippen molar-refractivity contribution in [3.05, 3.63) is 11.9 Å². The number of primary amides is 1. The molecular weight excluding hydrogens is 550 g/mol. The molecule has 1 saturated heterocycles. The van der Waals surface area contributed by atoms with E-state index in [2.05, 4.69) is 10.3 Å². The van der Waals surface area contributed by atoms with Crippen LogP contribution in [0.2, 0.25) is 0 Å². The van der Waals surface area contributed by atoms with E-state index in [0.717, 1.165) is 49.4 Å². The molecule has 0 radical (unpaired) electrons. The lowest BCUT2D eigenvalue weighted by molar-refractivity contribution is -0.167. The van der Waals surface area contributed by atoms with Crippen LogP contribution in [0.15, 0.2) is 6.20 Å². The zero-order valence-corrected chi connectivity index (χ0v) is 24.7. The van der Waals surface area contributed by atoms with E-state index in [1.807, 2.05) is 0 Å². The molecule has 5 rings (SSSR count). The second kappa shape index (κ2) is 10.9. The summed E-state index contributed by atoms with van der Waals surface area (Å²) in [6.45, 7) is 3.32. The van der Waals surface area contributed by atoms with Crippen molar-refractivity contribution in [2.24, 2.45) is 22.8 Å². The van der Waals surface area contributed by atoms with Gasteiger partial charge in [0.05, 0.1) is 24.0 Å². The molecule has 2 heterocycles. The number of carbonyl (C=O) groups excluding carboxylic acids is 4. The minimum absolute atomic E-state index is 0.103. The third-order valence-corrected chi connectivity index (χ3v) is 10.5. The summed E-state index contributed by atoms with van der Waals surface area (Å²) in [5.41, 5.74) is 9.39. The van der Waals surface area contributed by atoms with Gasteiger partial charge in [-0.05, 0) is 57.3 Å². The van der Waals surface area contributed by atoms with Crippen LogP contribution in [0.3, 0.4) is 0 Å². The highest BCUT2D eigenvalue weighted by Crippen LogP contribution is 2.63. The van der Waals surface area contributed by atoms with Crippen molar-refractivity contribution in [1.29, 1.82) is 0 Å². The summed E-state index contributed by atoms with van der Waals surface area (Å²) in [5.74, 6) is -2.70. The molecule has 1 aromatic rings. The Kier molecular flexibility index (Phi) is 7.97. The van der Waals surface area contributed by atoms with Gasteiger partial charge in [0.2, 0.25) is 11.7 Å². The van der Waals surface area contributed by atoms with E-state index in [1.54, 1.807) is 13.8 Å². The van der Waals surface area contributed by atoms with E-state index in [4.69, 9.17) is 23.2 Å². The van der Waals surface area contributed by atoms with E-state index in [1.165, 1.54) is 22.2 Å². The van der Waals surface area contributed by atoms with Gasteiger partial charge in [0.15, 0.2) is 0 Å². The number of hydrogen-bond acceptors (Lipinski definition) is 8. The van der Waals surface area contributed by atoms with E-state index >= 15 is 0 Å². The lowest BCUT2D eigenvalue weighted by Crippen LogP contribution is -2.70. The van der Waals surface area contributed by atoms with E-state index in [-0.39, 0.29) is 37.1 Å². The van der Waals surface area contributed by atoms with Crippen molar-refractivity contribution in [3.63, 3.8) is 0 Å². The predicted molar refractivity (Wildman–Crippen MR) is 149 cm³/mol. The van der Waals surface area contributed by atoms with Gasteiger partial charge in [0.1, 0.15) is 17.2 Å². The molecule has 12 nitrogen and oxygen atoms in total. The minimum atomic E-state index is -1.53. The molecule has 3 saturated carbocycles. The number of carbonyl (C=O) groups is 4. The van der Waals surface area contributed by atoms with Gasteiger partial charge in [-0.1, -0.05) is 43.7 Å². The second-order valence-electron chi connectivity index (χ2n) is 13.4. The maximum absolute atomic E-state index is 14.1. The second-order valence-corrected chi connectivity index (χ2v) is 13.8. The van der Waals surface area contributed by atoms with Crippen molar-refractivity contribution in [1.82, 2.24) is 24.3 Å². The topological polar surface area (TPSA) is 178 Å². The molecule has 5 N–H and O–H groups in total. The number of Topliss-reactive ketones (excluding diaryl/α,β-unsaturated/α-hetero) is 1. The molecule has 4 aliphatic rings. The Morgan fingerprint density at radius 2 is 1.83 bits per heavy atom. The van der Waals surface area contributed by atoms with Crippen LogP contribution in [-0.4, -0.2) is 77.1 Å². The first-order valence-electron chi connectivity index (χ1n) is 14.8. The predicted octanol–water partition coefficient (Wildman–Crippen LogP) is 1.68. The Bertz CT molecular complexity index is 1190. The smallest absolute Gasteiger partial charge is 0.287 e. The lowest BCUT2D eigenvalue weighted by atomic mass is 9.47. The van der Waals surface area contributed by atoms with Gasteiger partial charge in [0.25, 0.3) is 11.8 Å². The molecule has 3 amide bonds. The summed E-state index contributed by atoms with van der Waals surface area (Å²) in [5, 5.41) is 18.8. The molecule has 3 aliphatic carbocycles. The monoisotopic (exact) mass is 591 g/mol. The normalized spacial score (nSPS) is 26.2. The summed E-state index contributed by atoms with van der Waals surface area (Å²) in [6.07, 6.45) is 10.9. The number of nitrogens with zero attached hydrogens (tertiary/aromatic N) is 5. The number of rotatable bonds is 9. The van der Waals surface area contributed by atoms with E-state index in [9.17, 15) is 24.3 Å². The molecule has 1 aliphatic heterocycles. The van der Waals surface area contributed by atoms with Crippen LogP contribution in [0.25, 0.3) is 0 Å². The first-order chi connectivity index (χ1) is 19.3. The van der Waals surface area contributed by atoms with Gasteiger partial charge in [-0.15, -0.1) is 5.10 Å². The molecular formula is C28H42ClN7O5. The highest BCUT2D eigenvalue weighted by atomic mass is 35.5.